The van der Waals surface area contributed by atoms with Crippen LogP contribution in [-0.2, 0) is 10.0 Å². The van der Waals surface area contributed by atoms with Crippen LogP contribution in [0.25, 0.3) is 0 Å². The zero-order chi connectivity index (χ0) is 20.7. The Morgan fingerprint density at radius 1 is 0.931 bits per heavy atom. The number of esters is 1. The minimum atomic E-state index is -3.78. The van der Waals surface area contributed by atoms with Crippen LogP contribution in [-0.4, -0.2) is 27.7 Å². The summed E-state index contributed by atoms with van der Waals surface area (Å²) in [6.45, 7) is 0. The first-order chi connectivity index (χ1) is 14.0. The molecule has 0 aliphatic rings. The average Bonchev–Trinajstić information content (AvgIpc) is 2.75. The monoisotopic (exact) mass is 410 g/mol. The van der Waals surface area contributed by atoms with Crippen LogP contribution in [0.3, 0.4) is 0 Å². The first-order valence-corrected chi connectivity index (χ1v) is 10.0. The molecule has 1 N–H and O–H groups in total. The smallest absolute Gasteiger partial charge is 0.343 e. The maximum absolute atomic E-state index is 12.4. The van der Waals surface area contributed by atoms with Crippen LogP contribution < -0.4 is 14.3 Å². The van der Waals surface area contributed by atoms with Crippen molar-refractivity contribution in [1.82, 2.24) is 4.83 Å². The van der Waals surface area contributed by atoms with Gasteiger partial charge in [-0.05, 0) is 48.5 Å². The van der Waals surface area contributed by atoms with Crippen molar-refractivity contribution in [2.24, 2.45) is 5.10 Å². The zero-order valence-corrected chi connectivity index (χ0v) is 16.3. The Hall–Kier alpha value is -3.65. The molecule has 0 aromatic heterocycles. The van der Waals surface area contributed by atoms with Crippen molar-refractivity contribution in [3.63, 3.8) is 0 Å². The van der Waals surface area contributed by atoms with E-state index in [1.807, 2.05) is 0 Å². The number of carbonyl (C=O) groups excluding carboxylic acids is 1. The SMILES string of the molecule is COc1ccc(C(=O)Oc2ccccc2/C=N\NS(=O)(=O)c2ccccc2)cc1. The number of hydrogen-bond donors (Lipinski definition) is 1. The Morgan fingerprint density at radius 3 is 2.28 bits per heavy atom. The summed E-state index contributed by atoms with van der Waals surface area (Å²) >= 11 is 0. The number of rotatable bonds is 7. The molecule has 0 unspecified atom stereocenters. The van der Waals surface area contributed by atoms with E-state index in [1.54, 1.807) is 66.7 Å². The van der Waals surface area contributed by atoms with Gasteiger partial charge in [-0.3, -0.25) is 0 Å². The summed E-state index contributed by atoms with van der Waals surface area (Å²) in [5, 5.41) is 3.78. The summed E-state index contributed by atoms with van der Waals surface area (Å²) in [5.74, 6) is 0.314. The van der Waals surface area contributed by atoms with Gasteiger partial charge in [-0.2, -0.15) is 13.5 Å². The fourth-order valence-corrected chi connectivity index (χ4v) is 3.20. The fourth-order valence-electron chi connectivity index (χ4n) is 2.38. The highest BCUT2D eigenvalue weighted by Gasteiger charge is 2.13. The van der Waals surface area contributed by atoms with Crippen LogP contribution >= 0.6 is 0 Å². The van der Waals surface area contributed by atoms with Crippen LogP contribution in [0.5, 0.6) is 11.5 Å². The second-order valence-corrected chi connectivity index (χ2v) is 7.48. The van der Waals surface area contributed by atoms with E-state index >= 15 is 0 Å². The van der Waals surface area contributed by atoms with Crippen molar-refractivity contribution >= 4 is 22.2 Å². The van der Waals surface area contributed by atoms with Crippen molar-refractivity contribution < 1.29 is 22.7 Å². The van der Waals surface area contributed by atoms with Gasteiger partial charge in [0.1, 0.15) is 11.5 Å². The molecule has 0 aliphatic carbocycles. The van der Waals surface area contributed by atoms with Crippen molar-refractivity contribution in [1.29, 1.82) is 0 Å². The molecule has 0 fully saturated rings. The van der Waals surface area contributed by atoms with Gasteiger partial charge in [0, 0.05) is 5.56 Å². The Kier molecular flexibility index (Phi) is 6.25. The molecular weight excluding hydrogens is 392 g/mol. The molecule has 0 spiro atoms. The average molecular weight is 410 g/mol. The quantitative estimate of drug-likeness (QED) is 0.279. The molecule has 3 rings (SSSR count). The predicted molar refractivity (Wildman–Crippen MR) is 109 cm³/mol. The van der Waals surface area contributed by atoms with Crippen LogP contribution in [0.2, 0.25) is 0 Å². The van der Waals surface area contributed by atoms with Gasteiger partial charge >= 0.3 is 5.97 Å². The van der Waals surface area contributed by atoms with E-state index < -0.39 is 16.0 Å². The lowest BCUT2D eigenvalue weighted by atomic mass is 10.2. The third kappa shape index (κ3) is 5.20. The summed E-state index contributed by atoms with van der Waals surface area (Å²) in [6.07, 6.45) is 1.27. The second kappa shape index (κ2) is 9.03. The maximum Gasteiger partial charge on any atom is 0.343 e. The fraction of sp³-hybridized carbons (Fsp3) is 0.0476. The van der Waals surface area contributed by atoms with E-state index in [1.165, 1.54) is 25.5 Å². The molecule has 0 saturated carbocycles. The molecule has 148 valence electrons. The number of nitrogens with zero attached hydrogens (tertiary/aromatic N) is 1. The largest absolute Gasteiger partial charge is 0.497 e. The van der Waals surface area contributed by atoms with Crippen LogP contribution in [0, 0.1) is 0 Å². The van der Waals surface area contributed by atoms with Gasteiger partial charge in [0.2, 0.25) is 0 Å². The lowest BCUT2D eigenvalue weighted by molar-refractivity contribution is 0.0734. The molecule has 0 radical (unpaired) electrons. The van der Waals surface area contributed by atoms with Crippen molar-refractivity contribution in [3.8, 4) is 11.5 Å². The van der Waals surface area contributed by atoms with Crippen LogP contribution in [0.4, 0.5) is 0 Å². The molecule has 0 heterocycles. The number of sulfonamides is 1. The number of benzene rings is 3. The molecule has 0 bridgehead atoms. The number of hydrazone groups is 1. The number of carbonyl (C=O) groups is 1. The highest BCUT2D eigenvalue weighted by atomic mass is 32.2. The third-order valence-electron chi connectivity index (χ3n) is 3.88. The zero-order valence-electron chi connectivity index (χ0n) is 15.5. The topological polar surface area (TPSA) is 94.1 Å². The Labute approximate surface area is 168 Å². The van der Waals surface area contributed by atoms with E-state index in [9.17, 15) is 13.2 Å². The lowest BCUT2D eigenvalue weighted by Gasteiger charge is -2.08. The van der Waals surface area contributed by atoms with Gasteiger partial charge in [-0.1, -0.05) is 30.3 Å². The second-order valence-electron chi connectivity index (χ2n) is 5.82. The predicted octanol–water partition coefficient (Wildman–Crippen LogP) is 3.23. The summed E-state index contributed by atoms with van der Waals surface area (Å²) < 4.78 is 34.9. The molecule has 0 atom stereocenters. The Balaban J connectivity index is 1.73. The summed E-state index contributed by atoms with van der Waals surface area (Å²) in [7, 11) is -2.25. The normalized spacial score (nSPS) is 11.2. The van der Waals surface area contributed by atoms with Gasteiger partial charge in [-0.25, -0.2) is 9.63 Å². The molecule has 3 aromatic carbocycles. The van der Waals surface area contributed by atoms with E-state index in [0.717, 1.165) is 0 Å². The van der Waals surface area contributed by atoms with Crippen LogP contribution in [0.15, 0.2) is 88.9 Å². The van der Waals surface area contributed by atoms with Crippen molar-refractivity contribution in [2.75, 3.05) is 7.11 Å². The van der Waals surface area contributed by atoms with Gasteiger partial charge in [-0.15, -0.1) is 0 Å². The number of methoxy groups -OCH3 is 1. The van der Waals surface area contributed by atoms with Crippen molar-refractivity contribution in [2.45, 2.75) is 4.90 Å². The standard InChI is InChI=1S/C21H18N2O5S/c1-27-18-13-11-16(12-14-18)21(24)28-20-10-6-5-7-17(20)15-22-23-29(25,26)19-8-3-2-4-9-19/h2-15,23H,1H3/b22-15-. The number of para-hydroxylation sites is 1. The molecule has 8 heteroatoms. The third-order valence-corrected chi connectivity index (χ3v) is 5.12. The molecule has 0 amide bonds. The molecule has 0 aliphatic heterocycles. The highest BCUT2D eigenvalue weighted by molar-refractivity contribution is 7.89. The highest BCUT2D eigenvalue weighted by Crippen LogP contribution is 2.19. The number of nitrogens with one attached hydrogen (secondary N) is 1. The summed E-state index contributed by atoms with van der Waals surface area (Å²) in [5.41, 5.74) is 0.785. The Morgan fingerprint density at radius 2 is 1.59 bits per heavy atom. The summed E-state index contributed by atoms with van der Waals surface area (Å²) in [4.78, 5) is 14.6. The Bertz CT molecular complexity index is 1110. The number of ether oxygens (including phenoxy) is 2. The summed E-state index contributed by atoms with van der Waals surface area (Å²) in [6, 6.07) is 21.0. The molecule has 3 aromatic rings. The van der Waals surface area contributed by atoms with Gasteiger partial charge in [0.05, 0.1) is 23.8 Å². The lowest BCUT2D eigenvalue weighted by Crippen LogP contribution is -2.18. The molecule has 7 nitrogen and oxygen atoms in total. The first-order valence-electron chi connectivity index (χ1n) is 8.55. The van der Waals surface area contributed by atoms with E-state index in [-0.39, 0.29) is 10.6 Å². The van der Waals surface area contributed by atoms with E-state index in [2.05, 4.69) is 9.93 Å². The first kappa shape index (κ1) is 20.1. The molecular formula is C21H18N2O5S. The maximum atomic E-state index is 12.4. The minimum absolute atomic E-state index is 0.0939. The van der Waals surface area contributed by atoms with Crippen molar-refractivity contribution in [3.05, 3.63) is 90.0 Å². The minimum Gasteiger partial charge on any atom is -0.497 e. The van der Waals surface area contributed by atoms with Gasteiger partial charge < -0.3 is 9.47 Å². The van der Waals surface area contributed by atoms with Crippen LogP contribution in [0.1, 0.15) is 15.9 Å². The molecule has 0 saturated heterocycles. The van der Waals surface area contributed by atoms with Gasteiger partial charge in [0.25, 0.3) is 10.0 Å². The van der Waals surface area contributed by atoms with E-state index in [0.29, 0.717) is 16.9 Å². The molecule has 29 heavy (non-hydrogen) atoms. The number of hydrogen-bond acceptors (Lipinski definition) is 6. The van der Waals surface area contributed by atoms with E-state index in [4.69, 9.17) is 9.47 Å². The van der Waals surface area contributed by atoms with Gasteiger partial charge in [0.15, 0.2) is 0 Å².